The van der Waals surface area contributed by atoms with Crippen molar-refractivity contribution < 1.29 is 18.5 Å². The highest BCUT2D eigenvalue weighted by molar-refractivity contribution is 6.61. The fourth-order valence-electron chi connectivity index (χ4n) is 5.17. The van der Waals surface area contributed by atoms with Gasteiger partial charge in [0.15, 0.2) is 5.43 Å². The number of pyridine rings is 1. The first-order valence-corrected chi connectivity index (χ1v) is 12.7. The van der Waals surface area contributed by atoms with Crippen LogP contribution in [0.2, 0.25) is 5.15 Å². The topological polar surface area (TPSA) is 84.6 Å². The van der Waals surface area contributed by atoms with Gasteiger partial charge in [0, 0.05) is 28.1 Å². The predicted octanol–water partition coefficient (Wildman–Crippen LogP) is 5.53. The number of nitrogens with one attached hydrogen (secondary N) is 1. The lowest BCUT2D eigenvalue weighted by molar-refractivity contribution is 0.275. The third-order valence-corrected chi connectivity index (χ3v) is 7.46. The zero-order valence-electron chi connectivity index (χ0n) is 20.7. The summed E-state index contributed by atoms with van der Waals surface area (Å²) >= 11 is 6.22. The highest BCUT2D eigenvalue weighted by atomic mass is 35.5. The van der Waals surface area contributed by atoms with Crippen molar-refractivity contribution in [2.45, 2.75) is 52.2 Å². The van der Waals surface area contributed by atoms with E-state index in [1.807, 2.05) is 32.9 Å². The van der Waals surface area contributed by atoms with Gasteiger partial charge in [-0.15, -0.1) is 0 Å². The van der Waals surface area contributed by atoms with Crippen LogP contribution in [0.3, 0.4) is 0 Å². The van der Waals surface area contributed by atoms with Crippen LogP contribution in [0, 0.1) is 19.7 Å². The Morgan fingerprint density at radius 2 is 2.00 bits per heavy atom. The monoisotopic (exact) mass is 518 g/mol. The first kappa shape index (κ1) is 24.2. The summed E-state index contributed by atoms with van der Waals surface area (Å²) in [6, 6.07) is 10.3. The number of hydrogen-bond acceptors (Lipinski definition) is 6. The van der Waals surface area contributed by atoms with E-state index in [9.17, 15) is 9.82 Å². The van der Waals surface area contributed by atoms with Gasteiger partial charge in [0.2, 0.25) is 0 Å². The largest absolute Gasteiger partial charge is 0.494 e. The lowest BCUT2D eigenvalue weighted by Crippen LogP contribution is -2.31. The second-order valence-electron chi connectivity index (χ2n) is 9.98. The van der Waals surface area contributed by atoms with Crippen LogP contribution in [0.5, 0.6) is 0 Å². The maximum atomic E-state index is 15.6. The van der Waals surface area contributed by atoms with Crippen molar-refractivity contribution in [1.29, 1.82) is 0 Å². The normalized spacial score (nSPS) is 15.8. The quantitative estimate of drug-likeness (QED) is 0.267. The maximum absolute atomic E-state index is 15.6. The van der Waals surface area contributed by atoms with Gasteiger partial charge in [-0.3, -0.25) is 4.79 Å². The van der Waals surface area contributed by atoms with Crippen LogP contribution in [0.15, 0.2) is 45.6 Å². The Bertz CT molecular complexity index is 1640. The molecule has 0 spiro atoms. The summed E-state index contributed by atoms with van der Waals surface area (Å²) in [5.74, 6) is 0.470. The highest BCUT2D eigenvalue weighted by Gasteiger charge is 2.33. The van der Waals surface area contributed by atoms with Crippen molar-refractivity contribution in [3.63, 3.8) is 0 Å². The molecule has 4 aromatic rings. The highest BCUT2D eigenvalue weighted by Crippen LogP contribution is 2.43. The van der Waals surface area contributed by atoms with Crippen molar-refractivity contribution in [2.75, 3.05) is 5.32 Å². The van der Waals surface area contributed by atoms with Gasteiger partial charge in [-0.2, -0.15) is 0 Å². The molecular weight excluding hydrogens is 494 g/mol. The molecule has 2 aromatic heterocycles. The molecule has 1 saturated carbocycles. The number of aromatic nitrogens is 1. The molecule has 1 aliphatic heterocycles. The molecule has 0 amide bonds. The summed E-state index contributed by atoms with van der Waals surface area (Å²) in [6.45, 7) is 5.88. The van der Waals surface area contributed by atoms with Crippen LogP contribution in [0.25, 0.3) is 22.2 Å². The van der Waals surface area contributed by atoms with Gasteiger partial charge in [0.1, 0.15) is 22.3 Å². The minimum Gasteiger partial charge on any atom is -0.460 e. The van der Waals surface area contributed by atoms with Crippen LogP contribution in [0.1, 0.15) is 59.7 Å². The van der Waals surface area contributed by atoms with E-state index in [0.29, 0.717) is 39.4 Å². The van der Waals surface area contributed by atoms with E-state index in [2.05, 4.69) is 10.3 Å². The van der Waals surface area contributed by atoms with Crippen LogP contribution in [-0.2, 0) is 11.3 Å². The number of anilines is 1. The number of aryl methyl sites for hydroxylation is 1. The summed E-state index contributed by atoms with van der Waals surface area (Å²) in [5.41, 5.74) is 4.79. The van der Waals surface area contributed by atoms with Crippen molar-refractivity contribution in [3.05, 3.63) is 85.6 Å². The standard InChI is InChI=1S/C28H25BClFN2O4/c1-13-10-19(28-20(11-13)26(34)14(2)27(37-28)16-4-5-16)15(3)32-21-8-9-22(30)33-25(21)18-7-6-17-12-36-29(35)23(17)24(18)31/h6-11,15-16,32,35H,4-5,12H2,1-3H3. The van der Waals surface area contributed by atoms with E-state index in [1.165, 1.54) is 0 Å². The van der Waals surface area contributed by atoms with Crippen LogP contribution >= 0.6 is 11.6 Å². The summed E-state index contributed by atoms with van der Waals surface area (Å²) in [7, 11) is -1.32. The van der Waals surface area contributed by atoms with Crippen molar-refractivity contribution in [3.8, 4) is 11.3 Å². The number of fused-ring (bicyclic) bond motifs is 2. The van der Waals surface area contributed by atoms with Crippen LogP contribution in [0.4, 0.5) is 10.1 Å². The van der Waals surface area contributed by atoms with Gasteiger partial charge < -0.3 is 19.4 Å². The Balaban J connectivity index is 1.45. The van der Waals surface area contributed by atoms with Crippen molar-refractivity contribution in [1.82, 2.24) is 4.98 Å². The zero-order chi connectivity index (χ0) is 26.0. The van der Waals surface area contributed by atoms with E-state index in [4.69, 9.17) is 20.7 Å². The van der Waals surface area contributed by atoms with Crippen LogP contribution in [-0.4, -0.2) is 17.1 Å². The Morgan fingerprint density at radius 3 is 2.76 bits per heavy atom. The number of halogens is 2. The third-order valence-electron chi connectivity index (χ3n) is 7.25. The predicted molar refractivity (Wildman–Crippen MR) is 143 cm³/mol. The summed E-state index contributed by atoms with van der Waals surface area (Å²) in [5, 5.41) is 14.3. The molecule has 1 aliphatic carbocycles. The molecule has 2 N–H and O–H groups in total. The number of hydrogen-bond donors (Lipinski definition) is 2. The molecule has 2 aliphatic rings. The molecule has 1 atom stereocenters. The van der Waals surface area contributed by atoms with E-state index >= 15 is 4.39 Å². The van der Waals surface area contributed by atoms with Gasteiger partial charge in [-0.25, -0.2) is 9.37 Å². The average Bonchev–Trinajstić information content (AvgIpc) is 3.64. The molecule has 0 bridgehead atoms. The molecule has 2 aromatic carbocycles. The number of benzene rings is 2. The van der Waals surface area contributed by atoms with E-state index in [-0.39, 0.29) is 34.3 Å². The molecule has 6 nitrogen and oxygen atoms in total. The maximum Gasteiger partial charge on any atom is 0.494 e. The molecule has 1 fully saturated rings. The lowest BCUT2D eigenvalue weighted by Gasteiger charge is -2.21. The minimum atomic E-state index is -1.32. The smallest absolute Gasteiger partial charge is 0.460 e. The van der Waals surface area contributed by atoms with Gasteiger partial charge >= 0.3 is 7.12 Å². The fraction of sp³-hybridized carbons (Fsp3) is 0.286. The fourth-order valence-corrected chi connectivity index (χ4v) is 5.32. The SMILES string of the molecule is Cc1cc(C(C)Nc2ccc(Cl)nc2-c2ccc3c(c2F)B(O)OC3)c2oc(C3CC3)c(C)c(=O)c2c1. The molecule has 3 heterocycles. The molecular formula is C28H25BClFN2O4. The summed E-state index contributed by atoms with van der Waals surface area (Å²) < 4.78 is 27.1. The molecule has 0 saturated heterocycles. The second kappa shape index (κ2) is 8.98. The van der Waals surface area contributed by atoms with Crippen LogP contribution < -0.4 is 16.2 Å². The molecule has 188 valence electrons. The van der Waals surface area contributed by atoms with Gasteiger partial charge in [0.25, 0.3) is 0 Å². The summed E-state index contributed by atoms with van der Waals surface area (Å²) in [6.07, 6.45) is 2.05. The zero-order valence-corrected chi connectivity index (χ0v) is 21.4. The summed E-state index contributed by atoms with van der Waals surface area (Å²) in [4.78, 5) is 17.6. The molecule has 1 unspecified atom stereocenters. The first-order chi connectivity index (χ1) is 17.7. The Morgan fingerprint density at radius 1 is 1.22 bits per heavy atom. The molecule has 9 heteroatoms. The molecule has 6 rings (SSSR count). The van der Waals surface area contributed by atoms with Gasteiger partial charge in [-0.1, -0.05) is 23.7 Å². The Kier molecular flexibility index (Phi) is 5.86. The number of nitrogens with zero attached hydrogens (tertiary/aromatic N) is 1. The van der Waals surface area contributed by atoms with Gasteiger partial charge in [-0.05, 0) is 69.0 Å². The Labute approximate surface area is 218 Å². The second-order valence-corrected chi connectivity index (χ2v) is 10.4. The minimum absolute atomic E-state index is 0.00450. The van der Waals surface area contributed by atoms with E-state index in [1.54, 1.807) is 24.3 Å². The number of rotatable bonds is 5. The van der Waals surface area contributed by atoms with Crippen molar-refractivity contribution >= 4 is 40.8 Å². The molecule has 0 radical (unpaired) electrons. The van der Waals surface area contributed by atoms with Crippen molar-refractivity contribution in [2.24, 2.45) is 0 Å². The molecule has 37 heavy (non-hydrogen) atoms. The average molecular weight is 519 g/mol. The lowest BCUT2D eigenvalue weighted by atomic mass is 9.77. The Hall–Kier alpha value is -3.20. The van der Waals surface area contributed by atoms with E-state index < -0.39 is 12.9 Å². The van der Waals surface area contributed by atoms with Gasteiger partial charge in [0.05, 0.1) is 29.4 Å². The first-order valence-electron chi connectivity index (χ1n) is 12.3. The van der Waals surface area contributed by atoms with E-state index in [0.717, 1.165) is 29.7 Å². The third kappa shape index (κ3) is 4.13.